The van der Waals surface area contributed by atoms with E-state index in [1.807, 2.05) is 36.9 Å². The predicted molar refractivity (Wildman–Crippen MR) is 111 cm³/mol. The fraction of sp³-hybridized carbons (Fsp3) is 0.455. The standard InChI is InChI=1S/C22H25N5O3/c1-22(2)18(14-6-4-3-5-7-14)26(21(29)30-22)15-8-10-16(11-9-15)27-19-17(25-20(27)28)12-23-13-24-19/h3-7,12-13,15-16,18H,8-11H2,1-2H3,(H,25,28)/t15-,16-,18-/m0/s1. The van der Waals surface area contributed by atoms with Crippen LogP contribution >= 0.6 is 0 Å². The fourth-order valence-electron chi connectivity index (χ4n) is 5.14. The van der Waals surface area contributed by atoms with Crippen molar-refractivity contribution in [2.45, 2.75) is 63.3 Å². The first kappa shape index (κ1) is 18.8. The summed E-state index contributed by atoms with van der Waals surface area (Å²) < 4.78 is 7.51. The van der Waals surface area contributed by atoms with Crippen LogP contribution in [0.1, 0.15) is 57.2 Å². The maximum Gasteiger partial charge on any atom is 0.411 e. The number of hydrogen-bond donors (Lipinski definition) is 1. The van der Waals surface area contributed by atoms with Crippen LogP contribution < -0.4 is 5.69 Å². The van der Waals surface area contributed by atoms with Crippen molar-refractivity contribution in [1.82, 2.24) is 24.4 Å². The number of hydrogen-bond acceptors (Lipinski definition) is 5. The van der Waals surface area contributed by atoms with Gasteiger partial charge >= 0.3 is 11.8 Å². The van der Waals surface area contributed by atoms with E-state index in [0.29, 0.717) is 11.2 Å². The Balaban J connectivity index is 1.40. The molecule has 0 spiro atoms. The minimum Gasteiger partial charge on any atom is -0.441 e. The molecule has 3 aromatic rings. The van der Waals surface area contributed by atoms with Gasteiger partial charge in [-0.05, 0) is 45.1 Å². The van der Waals surface area contributed by atoms with Crippen LogP contribution in [-0.2, 0) is 4.74 Å². The van der Waals surface area contributed by atoms with E-state index >= 15 is 0 Å². The summed E-state index contributed by atoms with van der Waals surface area (Å²) >= 11 is 0. The molecule has 1 atom stereocenters. The lowest BCUT2D eigenvalue weighted by Gasteiger charge is -2.38. The Kier molecular flexibility index (Phi) is 4.38. The molecule has 1 saturated heterocycles. The molecule has 8 heteroatoms. The monoisotopic (exact) mass is 407 g/mol. The van der Waals surface area contributed by atoms with Crippen LogP contribution in [0.5, 0.6) is 0 Å². The normalized spacial score (nSPS) is 26.1. The highest BCUT2D eigenvalue weighted by Crippen LogP contribution is 2.45. The zero-order valence-electron chi connectivity index (χ0n) is 17.1. The predicted octanol–water partition coefficient (Wildman–Crippen LogP) is 3.58. The maximum absolute atomic E-state index is 12.8. The van der Waals surface area contributed by atoms with Crippen molar-refractivity contribution >= 4 is 17.3 Å². The molecule has 2 aromatic heterocycles. The number of rotatable bonds is 3. The van der Waals surface area contributed by atoms with Gasteiger partial charge in [-0.1, -0.05) is 30.3 Å². The molecule has 0 radical (unpaired) electrons. The number of fused-ring (bicyclic) bond motifs is 1. The van der Waals surface area contributed by atoms with Crippen LogP contribution in [-0.4, -0.2) is 42.2 Å². The number of H-pyrrole nitrogens is 1. The van der Waals surface area contributed by atoms with Crippen molar-refractivity contribution in [3.05, 3.63) is 58.9 Å². The van der Waals surface area contributed by atoms with E-state index in [2.05, 4.69) is 27.1 Å². The SMILES string of the molecule is CC1(C)OC(=O)N([C@H]2CC[C@H](n3c(=O)[nH]c4cncnc43)CC2)[C@H]1c1ccccc1. The van der Waals surface area contributed by atoms with Crippen LogP contribution in [0.25, 0.3) is 11.2 Å². The number of imidazole rings is 1. The summed E-state index contributed by atoms with van der Waals surface area (Å²) in [6, 6.07) is 10.1. The summed E-state index contributed by atoms with van der Waals surface area (Å²) in [4.78, 5) is 38.4. The number of carbonyl (C=O) groups excluding carboxylic acids is 1. The first-order valence-corrected chi connectivity index (χ1v) is 10.4. The molecule has 0 bridgehead atoms. The molecule has 1 N–H and O–H groups in total. The van der Waals surface area contributed by atoms with Crippen molar-refractivity contribution in [2.75, 3.05) is 0 Å². The number of aromatic nitrogens is 4. The van der Waals surface area contributed by atoms with Gasteiger partial charge in [-0.2, -0.15) is 0 Å². The molecule has 1 aromatic carbocycles. The molecule has 1 amide bonds. The van der Waals surface area contributed by atoms with E-state index in [0.717, 1.165) is 31.2 Å². The summed E-state index contributed by atoms with van der Waals surface area (Å²) in [5.74, 6) is 0. The van der Waals surface area contributed by atoms with Gasteiger partial charge in [0, 0.05) is 12.1 Å². The third-order valence-corrected chi connectivity index (χ3v) is 6.42. The van der Waals surface area contributed by atoms with Gasteiger partial charge < -0.3 is 9.72 Å². The number of carbonyl (C=O) groups is 1. The zero-order chi connectivity index (χ0) is 20.9. The van der Waals surface area contributed by atoms with Gasteiger partial charge in [-0.25, -0.2) is 19.6 Å². The maximum atomic E-state index is 12.8. The average molecular weight is 407 g/mol. The molecular formula is C22H25N5O3. The Morgan fingerprint density at radius 2 is 1.77 bits per heavy atom. The first-order valence-electron chi connectivity index (χ1n) is 10.4. The zero-order valence-corrected chi connectivity index (χ0v) is 17.1. The van der Waals surface area contributed by atoms with E-state index in [1.165, 1.54) is 6.33 Å². The molecule has 2 fully saturated rings. The number of nitrogens with zero attached hydrogens (tertiary/aromatic N) is 4. The summed E-state index contributed by atoms with van der Waals surface area (Å²) in [6.45, 7) is 3.94. The molecule has 1 aliphatic carbocycles. The topological polar surface area (TPSA) is 93.1 Å². The Morgan fingerprint density at radius 1 is 1.07 bits per heavy atom. The third kappa shape index (κ3) is 2.98. The van der Waals surface area contributed by atoms with Gasteiger partial charge in [0.25, 0.3) is 0 Å². The molecule has 0 unspecified atom stereocenters. The van der Waals surface area contributed by atoms with Gasteiger partial charge in [0.1, 0.15) is 17.4 Å². The van der Waals surface area contributed by atoms with Gasteiger partial charge in [0.05, 0.1) is 12.2 Å². The van der Waals surface area contributed by atoms with Gasteiger partial charge in [0.15, 0.2) is 5.65 Å². The smallest absolute Gasteiger partial charge is 0.411 e. The highest BCUT2D eigenvalue weighted by Gasteiger charge is 2.51. The number of cyclic esters (lactones) is 1. The van der Waals surface area contributed by atoms with Crippen LogP contribution in [0.2, 0.25) is 0 Å². The summed E-state index contributed by atoms with van der Waals surface area (Å²) in [5, 5.41) is 0. The van der Waals surface area contributed by atoms with Crippen molar-refractivity contribution in [2.24, 2.45) is 0 Å². The van der Waals surface area contributed by atoms with Crippen LogP contribution in [0, 0.1) is 0 Å². The minimum absolute atomic E-state index is 0.0548. The van der Waals surface area contributed by atoms with Crippen molar-refractivity contribution in [3.63, 3.8) is 0 Å². The quantitative estimate of drug-likeness (QED) is 0.716. The van der Waals surface area contributed by atoms with Crippen LogP contribution in [0.15, 0.2) is 47.7 Å². The lowest BCUT2D eigenvalue weighted by molar-refractivity contribution is 0.0662. The summed E-state index contributed by atoms with van der Waals surface area (Å²) in [5.41, 5.74) is 1.62. The third-order valence-electron chi connectivity index (χ3n) is 6.42. The number of amides is 1. The highest BCUT2D eigenvalue weighted by molar-refractivity contribution is 5.72. The Bertz CT molecular complexity index is 1130. The van der Waals surface area contributed by atoms with E-state index < -0.39 is 5.60 Å². The van der Waals surface area contributed by atoms with Crippen LogP contribution in [0.4, 0.5) is 4.79 Å². The highest BCUT2D eigenvalue weighted by atomic mass is 16.6. The summed E-state index contributed by atoms with van der Waals surface area (Å²) in [7, 11) is 0. The molecule has 5 rings (SSSR count). The van der Waals surface area contributed by atoms with Crippen molar-refractivity contribution in [3.8, 4) is 0 Å². The number of benzene rings is 1. The molecular weight excluding hydrogens is 382 g/mol. The van der Waals surface area contributed by atoms with E-state index in [9.17, 15) is 9.59 Å². The van der Waals surface area contributed by atoms with Crippen LogP contribution in [0.3, 0.4) is 0 Å². The second-order valence-corrected chi connectivity index (χ2v) is 8.71. The minimum atomic E-state index is -0.597. The Labute approximate surface area is 173 Å². The molecule has 30 heavy (non-hydrogen) atoms. The van der Waals surface area contributed by atoms with E-state index in [4.69, 9.17) is 4.74 Å². The molecule has 1 saturated carbocycles. The largest absolute Gasteiger partial charge is 0.441 e. The first-order chi connectivity index (χ1) is 14.5. The Morgan fingerprint density at radius 3 is 2.50 bits per heavy atom. The average Bonchev–Trinajstić information content (AvgIpc) is 3.20. The molecule has 8 nitrogen and oxygen atoms in total. The fourth-order valence-corrected chi connectivity index (χ4v) is 5.14. The number of nitrogens with one attached hydrogen (secondary N) is 1. The van der Waals surface area contributed by atoms with Crippen molar-refractivity contribution in [1.29, 1.82) is 0 Å². The second-order valence-electron chi connectivity index (χ2n) is 8.71. The van der Waals surface area contributed by atoms with Gasteiger partial charge in [0.2, 0.25) is 0 Å². The lowest BCUT2D eigenvalue weighted by atomic mass is 9.86. The number of ether oxygens (including phenoxy) is 1. The number of aromatic amines is 1. The lowest BCUT2D eigenvalue weighted by Crippen LogP contribution is -2.43. The molecule has 3 heterocycles. The summed E-state index contributed by atoms with van der Waals surface area (Å²) in [6.07, 6.45) is 6.05. The van der Waals surface area contributed by atoms with E-state index in [-0.39, 0.29) is 29.9 Å². The second kappa shape index (κ2) is 6.97. The van der Waals surface area contributed by atoms with Gasteiger partial charge in [-0.15, -0.1) is 0 Å². The molecule has 1 aliphatic heterocycles. The molecule has 156 valence electrons. The Hall–Kier alpha value is -3.16. The van der Waals surface area contributed by atoms with Gasteiger partial charge in [-0.3, -0.25) is 9.47 Å². The van der Waals surface area contributed by atoms with E-state index in [1.54, 1.807) is 10.8 Å². The molecule has 2 aliphatic rings. The van der Waals surface area contributed by atoms with Crippen molar-refractivity contribution < 1.29 is 9.53 Å².